The highest BCUT2D eigenvalue weighted by Crippen LogP contribution is 2.31. The Kier molecular flexibility index (Phi) is 5.68. The first-order chi connectivity index (χ1) is 11.0. The molecule has 0 saturated carbocycles. The van der Waals surface area contributed by atoms with Crippen molar-refractivity contribution < 1.29 is 9.53 Å². The predicted molar refractivity (Wildman–Crippen MR) is 90.2 cm³/mol. The van der Waals surface area contributed by atoms with Crippen LogP contribution in [0, 0.1) is 0 Å². The van der Waals surface area contributed by atoms with E-state index in [1.54, 1.807) is 6.20 Å². The second-order valence-corrected chi connectivity index (χ2v) is 5.80. The van der Waals surface area contributed by atoms with E-state index in [4.69, 9.17) is 10.5 Å². The maximum atomic E-state index is 11.5. The Morgan fingerprint density at radius 2 is 2.13 bits per heavy atom. The number of nitrogens with zero attached hydrogens (tertiary/aromatic N) is 2. The maximum Gasteiger partial charge on any atom is 0.233 e. The third kappa shape index (κ3) is 4.28. The van der Waals surface area contributed by atoms with Crippen LogP contribution in [0.1, 0.15) is 44.2 Å². The van der Waals surface area contributed by atoms with Crippen molar-refractivity contribution in [3.63, 3.8) is 0 Å². The van der Waals surface area contributed by atoms with Gasteiger partial charge in [-0.05, 0) is 29.0 Å². The van der Waals surface area contributed by atoms with Gasteiger partial charge in [-0.3, -0.25) is 4.79 Å². The highest BCUT2D eigenvalue weighted by atomic mass is 16.5. The Bertz CT molecular complexity index is 684. The van der Waals surface area contributed by atoms with Crippen molar-refractivity contribution in [2.45, 2.75) is 39.5 Å². The first-order valence-electron chi connectivity index (χ1n) is 7.89. The van der Waals surface area contributed by atoms with Crippen LogP contribution in [-0.2, 0) is 11.2 Å². The summed E-state index contributed by atoms with van der Waals surface area (Å²) < 4.78 is 5.55. The van der Waals surface area contributed by atoms with Crippen LogP contribution in [0.2, 0.25) is 0 Å². The van der Waals surface area contributed by atoms with Crippen molar-refractivity contribution in [1.82, 2.24) is 10.2 Å². The molecule has 1 heterocycles. The van der Waals surface area contributed by atoms with Gasteiger partial charge in [-0.2, -0.15) is 5.10 Å². The maximum absolute atomic E-state index is 11.5. The molecule has 5 heteroatoms. The lowest BCUT2D eigenvalue weighted by Gasteiger charge is -2.16. The third-order valence-electron chi connectivity index (χ3n) is 3.58. The zero-order valence-electron chi connectivity index (χ0n) is 13.9. The summed E-state index contributed by atoms with van der Waals surface area (Å²) in [5, 5.41) is 8.00. The van der Waals surface area contributed by atoms with Gasteiger partial charge >= 0.3 is 0 Å². The van der Waals surface area contributed by atoms with Crippen molar-refractivity contribution in [3.05, 3.63) is 41.6 Å². The van der Waals surface area contributed by atoms with Gasteiger partial charge in [0.1, 0.15) is 0 Å². The van der Waals surface area contributed by atoms with E-state index < -0.39 is 0 Å². The van der Waals surface area contributed by atoms with E-state index >= 15 is 0 Å². The van der Waals surface area contributed by atoms with E-state index in [9.17, 15) is 4.79 Å². The molecule has 23 heavy (non-hydrogen) atoms. The first kappa shape index (κ1) is 16.9. The van der Waals surface area contributed by atoms with Gasteiger partial charge in [0.15, 0.2) is 0 Å². The van der Waals surface area contributed by atoms with Gasteiger partial charge in [0, 0.05) is 11.6 Å². The van der Waals surface area contributed by atoms with Crippen LogP contribution in [-0.4, -0.2) is 22.7 Å². The molecule has 2 aromatic rings. The molecule has 1 aromatic carbocycles. The normalized spacial score (nSPS) is 10.8. The smallest absolute Gasteiger partial charge is 0.233 e. The number of nitrogens with two attached hydrogens (primary N) is 1. The Morgan fingerprint density at radius 1 is 1.35 bits per heavy atom. The fourth-order valence-corrected chi connectivity index (χ4v) is 2.56. The summed E-state index contributed by atoms with van der Waals surface area (Å²) in [5.41, 5.74) is 9.34. The number of benzene rings is 1. The fraction of sp³-hybridized carbons (Fsp3) is 0.389. The number of primary amides is 1. The van der Waals surface area contributed by atoms with Crippen molar-refractivity contribution in [1.29, 1.82) is 0 Å². The van der Waals surface area contributed by atoms with E-state index in [0.717, 1.165) is 28.7 Å². The van der Waals surface area contributed by atoms with Gasteiger partial charge in [-0.15, -0.1) is 5.10 Å². The van der Waals surface area contributed by atoms with Gasteiger partial charge in [0.2, 0.25) is 11.8 Å². The Labute approximate surface area is 136 Å². The van der Waals surface area contributed by atoms with Gasteiger partial charge in [-0.1, -0.05) is 39.0 Å². The zero-order chi connectivity index (χ0) is 16.8. The molecule has 122 valence electrons. The van der Waals surface area contributed by atoms with Crippen molar-refractivity contribution in [3.8, 4) is 17.0 Å². The minimum atomic E-state index is -0.344. The van der Waals surface area contributed by atoms with E-state index in [-0.39, 0.29) is 12.3 Å². The summed E-state index contributed by atoms with van der Waals surface area (Å²) in [6.07, 6.45) is 2.79. The molecule has 1 amide bonds. The van der Waals surface area contributed by atoms with Crippen LogP contribution >= 0.6 is 0 Å². The molecule has 1 aromatic heterocycles. The molecule has 0 atom stereocenters. The predicted octanol–water partition coefficient (Wildman–Crippen LogP) is 3.08. The molecule has 0 aliphatic heterocycles. The molecule has 0 radical (unpaired) electrons. The van der Waals surface area contributed by atoms with Gasteiger partial charge in [0.05, 0.1) is 19.2 Å². The summed E-state index contributed by atoms with van der Waals surface area (Å²) in [6, 6.07) is 7.86. The molecule has 2 rings (SSSR count). The number of hydrogen-bond acceptors (Lipinski definition) is 4. The van der Waals surface area contributed by atoms with Crippen molar-refractivity contribution >= 4 is 5.91 Å². The molecule has 0 fully saturated rings. The van der Waals surface area contributed by atoms with E-state index in [2.05, 4.69) is 24.0 Å². The van der Waals surface area contributed by atoms with Crippen LogP contribution in [0.5, 0.6) is 5.88 Å². The quantitative estimate of drug-likeness (QED) is 0.852. The number of rotatable bonds is 7. The highest BCUT2D eigenvalue weighted by molar-refractivity contribution is 5.81. The fourth-order valence-electron chi connectivity index (χ4n) is 2.56. The Hall–Kier alpha value is -2.43. The standard InChI is InChI=1S/C18H23N3O2/c1-4-8-23-18-9-13(11-20-21-18)15-7-5-6-14(12(2)3)16(15)10-17(19)22/h5-7,9,11-12H,4,8,10H2,1-3H3,(H2,19,22). The average molecular weight is 313 g/mol. The largest absolute Gasteiger partial charge is 0.477 e. The molecule has 0 saturated heterocycles. The number of carbonyl (C=O) groups excluding carboxylic acids is 1. The monoisotopic (exact) mass is 313 g/mol. The lowest BCUT2D eigenvalue weighted by atomic mass is 9.89. The number of ether oxygens (including phenoxy) is 1. The summed E-state index contributed by atoms with van der Waals surface area (Å²) in [7, 11) is 0. The molecule has 0 aliphatic rings. The van der Waals surface area contributed by atoms with Crippen LogP contribution < -0.4 is 10.5 Å². The van der Waals surface area contributed by atoms with E-state index in [1.165, 1.54) is 0 Å². The Balaban J connectivity index is 2.49. The average Bonchev–Trinajstić information content (AvgIpc) is 2.52. The summed E-state index contributed by atoms with van der Waals surface area (Å²) in [4.78, 5) is 11.5. The minimum Gasteiger partial charge on any atom is -0.477 e. The number of aromatic nitrogens is 2. The molecular weight excluding hydrogens is 290 g/mol. The minimum absolute atomic E-state index is 0.206. The Morgan fingerprint density at radius 3 is 2.78 bits per heavy atom. The summed E-state index contributed by atoms with van der Waals surface area (Å²) in [5.74, 6) is 0.447. The molecule has 2 N–H and O–H groups in total. The summed E-state index contributed by atoms with van der Waals surface area (Å²) in [6.45, 7) is 6.83. The second-order valence-electron chi connectivity index (χ2n) is 5.80. The van der Waals surface area contributed by atoms with Gasteiger partial charge in [-0.25, -0.2) is 0 Å². The summed E-state index contributed by atoms with van der Waals surface area (Å²) >= 11 is 0. The topological polar surface area (TPSA) is 78.1 Å². The first-order valence-corrected chi connectivity index (χ1v) is 7.89. The van der Waals surface area contributed by atoms with Crippen LogP contribution in [0.15, 0.2) is 30.5 Å². The second kappa shape index (κ2) is 7.72. The van der Waals surface area contributed by atoms with Crippen LogP contribution in [0.4, 0.5) is 0 Å². The highest BCUT2D eigenvalue weighted by Gasteiger charge is 2.15. The third-order valence-corrected chi connectivity index (χ3v) is 3.58. The van der Waals surface area contributed by atoms with E-state index in [0.29, 0.717) is 18.4 Å². The molecule has 5 nitrogen and oxygen atoms in total. The van der Waals surface area contributed by atoms with Crippen molar-refractivity contribution in [2.75, 3.05) is 6.61 Å². The van der Waals surface area contributed by atoms with Crippen LogP contribution in [0.25, 0.3) is 11.1 Å². The number of amides is 1. The lowest BCUT2D eigenvalue weighted by molar-refractivity contribution is -0.117. The zero-order valence-corrected chi connectivity index (χ0v) is 13.9. The molecular formula is C18H23N3O2. The van der Waals surface area contributed by atoms with Crippen LogP contribution in [0.3, 0.4) is 0 Å². The molecule has 0 spiro atoms. The van der Waals surface area contributed by atoms with Gasteiger partial charge < -0.3 is 10.5 Å². The van der Waals surface area contributed by atoms with E-state index in [1.807, 2.05) is 31.2 Å². The number of carbonyl (C=O) groups is 1. The number of hydrogen-bond donors (Lipinski definition) is 1. The lowest BCUT2D eigenvalue weighted by Crippen LogP contribution is -2.16. The SMILES string of the molecule is CCCOc1cc(-c2cccc(C(C)C)c2CC(N)=O)cnn1. The van der Waals surface area contributed by atoms with Crippen molar-refractivity contribution in [2.24, 2.45) is 5.73 Å². The van der Waals surface area contributed by atoms with Gasteiger partial charge in [0.25, 0.3) is 0 Å². The molecule has 0 unspecified atom stereocenters. The molecule has 0 bridgehead atoms. The molecule has 0 aliphatic carbocycles.